The first-order valence-corrected chi connectivity index (χ1v) is 10.5. The lowest BCUT2D eigenvalue weighted by molar-refractivity contribution is 0.0727. The molecule has 0 aliphatic carbocycles. The summed E-state index contributed by atoms with van der Waals surface area (Å²) in [6.07, 6.45) is 4.50. The number of likely N-dealkylation sites (tertiary alicyclic amines) is 1. The number of aromatic nitrogens is 1. The molecule has 1 aromatic carbocycles. The van der Waals surface area contributed by atoms with Gasteiger partial charge in [0, 0.05) is 6.54 Å². The van der Waals surface area contributed by atoms with Gasteiger partial charge >= 0.3 is 6.09 Å². The fourth-order valence-electron chi connectivity index (χ4n) is 3.04. The maximum Gasteiger partial charge on any atom is 0.410 e. The van der Waals surface area contributed by atoms with Crippen LogP contribution in [0.4, 0.5) is 4.79 Å². The highest BCUT2D eigenvalue weighted by Crippen LogP contribution is 2.20. The molecule has 1 saturated heterocycles. The third kappa shape index (κ3) is 5.80. The third-order valence-electron chi connectivity index (χ3n) is 4.44. The number of carbonyl (C=O) groups excluding carboxylic acids is 1. The number of hydrogen-bond donors (Lipinski definition) is 1. The molecule has 8 nitrogen and oxygen atoms in total. The minimum Gasteiger partial charge on any atom is -0.451 e. The zero-order valence-corrected chi connectivity index (χ0v) is 15.7. The van der Waals surface area contributed by atoms with Crippen molar-refractivity contribution < 1.29 is 22.4 Å². The molecule has 1 N–H and O–H groups in total. The Balaban J connectivity index is 1.56. The van der Waals surface area contributed by atoms with E-state index in [0.29, 0.717) is 18.7 Å². The second kappa shape index (κ2) is 9.01. The first-order chi connectivity index (χ1) is 13.0. The number of sulfonamides is 1. The number of rotatable bonds is 7. The van der Waals surface area contributed by atoms with E-state index < -0.39 is 22.2 Å². The molecule has 1 atom stereocenters. The number of ether oxygens (including phenoxy) is 1. The van der Waals surface area contributed by atoms with Crippen LogP contribution in [0.25, 0.3) is 0 Å². The van der Waals surface area contributed by atoms with Crippen molar-refractivity contribution in [1.29, 1.82) is 0 Å². The molecule has 1 amide bonds. The van der Waals surface area contributed by atoms with Gasteiger partial charge in [0.2, 0.25) is 10.0 Å². The minimum atomic E-state index is -3.57. The summed E-state index contributed by atoms with van der Waals surface area (Å²) in [7, 11) is -3.57. The normalized spacial score (nSPS) is 17.6. The van der Waals surface area contributed by atoms with E-state index in [1.54, 1.807) is 0 Å². The van der Waals surface area contributed by atoms with Crippen molar-refractivity contribution in [2.75, 3.05) is 12.3 Å². The molecule has 0 bridgehead atoms. The Morgan fingerprint density at radius 1 is 1.30 bits per heavy atom. The first-order valence-electron chi connectivity index (χ1n) is 8.85. The van der Waals surface area contributed by atoms with Crippen LogP contribution in [0.3, 0.4) is 0 Å². The van der Waals surface area contributed by atoms with Crippen LogP contribution in [-0.4, -0.2) is 42.7 Å². The topological polar surface area (TPSA) is 102 Å². The van der Waals surface area contributed by atoms with Gasteiger partial charge in [0.1, 0.15) is 12.9 Å². The van der Waals surface area contributed by atoms with E-state index in [0.717, 1.165) is 18.4 Å². The van der Waals surface area contributed by atoms with Crippen molar-refractivity contribution in [3.63, 3.8) is 0 Å². The number of hydrogen-bond acceptors (Lipinski definition) is 6. The van der Waals surface area contributed by atoms with Gasteiger partial charge in [0.25, 0.3) is 0 Å². The Kier molecular flexibility index (Phi) is 6.46. The summed E-state index contributed by atoms with van der Waals surface area (Å²) >= 11 is 0. The predicted molar refractivity (Wildman–Crippen MR) is 98.1 cm³/mol. The van der Waals surface area contributed by atoms with E-state index in [-0.39, 0.29) is 18.9 Å². The number of carbonyl (C=O) groups is 1. The number of benzene rings is 1. The van der Waals surface area contributed by atoms with Crippen molar-refractivity contribution in [3.05, 3.63) is 54.2 Å². The summed E-state index contributed by atoms with van der Waals surface area (Å²) in [6.45, 7) is 0.723. The number of piperidine rings is 1. The van der Waals surface area contributed by atoms with Gasteiger partial charge < -0.3 is 14.1 Å². The third-order valence-corrected chi connectivity index (χ3v) is 5.84. The van der Waals surface area contributed by atoms with Crippen molar-refractivity contribution in [1.82, 2.24) is 14.6 Å². The van der Waals surface area contributed by atoms with Gasteiger partial charge in [-0.05, 0) is 24.8 Å². The molecule has 27 heavy (non-hydrogen) atoms. The smallest absolute Gasteiger partial charge is 0.410 e. The average Bonchev–Trinajstić information content (AvgIpc) is 3.19. The van der Waals surface area contributed by atoms with E-state index in [2.05, 4.69) is 9.71 Å². The second-order valence-electron chi connectivity index (χ2n) is 6.47. The van der Waals surface area contributed by atoms with Crippen LogP contribution in [0.1, 0.15) is 30.5 Å². The number of amides is 1. The molecule has 1 aliphatic heterocycles. The average molecular weight is 393 g/mol. The molecule has 1 aliphatic rings. The molecule has 0 unspecified atom stereocenters. The maximum atomic E-state index is 12.5. The van der Waals surface area contributed by atoms with Crippen LogP contribution >= 0.6 is 0 Å². The van der Waals surface area contributed by atoms with Gasteiger partial charge in [0.05, 0.1) is 24.0 Å². The first kappa shape index (κ1) is 19.4. The lowest BCUT2D eigenvalue weighted by atomic mass is 10.0. The molecule has 0 saturated carbocycles. The number of nitrogens with one attached hydrogen (secondary N) is 1. The zero-order chi connectivity index (χ0) is 19.1. The van der Waals surface area contributed by atoms with E-state index in [4.69, 9.17) is 9.15 Å². The largest absolute Gasteiger partial charge is 0.451 e. The molecule has 1 aromatic heterocycles. The van der Waals surface area contributed by atoms with Crippen molar-refractivity contribution in [3.8, 4) is 0 Å². The lowest BCUT2D eigenvalue weighted by Gasteiger charge is -2.34. The van der Waals surface area contributed by atoms with Gasteiger partial charge in [-0.25, -0.2) is 22.9 Å². The Hall–Kier alpha value is -2.39. The van der Waals surface area contributed by atoms with Gasteiger partial charge in [-0.2, -0.15) is 0 Å². The summed E-state index contributed by atoms with van der Waals surface area (Å²) in [6, 6.07) is 8.98. The number of oxazole rings is 1. The van der Waals surface area contributed by atoms with Crippen molar-refractivity contribution in [2.24, 2.45) is 0 Å². The van der Waals surface area contributed by atoms with Gasteiger partial charge in [0.15, 0.2) is 6.39 Å². The second-order valence-corrected chi connectivity index (χ2v) is 8.32. The standard InChI is InChI=1S/C18H23N3O5S/c22-18(26-11-15-6-2-1-3-7-15)21-9-5-4-8-17(21)13-27(23,24)20-10-16-12-25-14-19-16/h1-3,6-7,12,14,17,20H,4-5,8-11,13H2/t17-/m0/s1. The highest BCUT2D eigenvalue weighted by Gasteiger charge is 2.31. The fourth-order valence-corrected chi connectivity index (χ4v) is 4.38. The van der Waals surface area contributed by atoms with Gasteiger partial charge in [-0.15, -0.1) is 0 Å². The quantitative estimate of drug-likeness (QED) is 0.774. The molecular formula is C18H23N3O5S. The summed E-state index contributed by atoms with van der Waals surface area (Å²) in [5.41, 5.74) is 1.39. The molecule has 0 spiro atoms. The van der Waals surface area contributed by atoms with Crippen molar-refractivity contribution in [2.45, 2.75) is 38.5 Å². The molecule has 146 valence electrons. The molecule has 3 rings (SSSR count). The van der Waals surface area contributed by atoms with E-state index >= 15 is 0 Å². The summed E-state index contributed by atoms with van der Waals surface area (Å²) < 4.78 is 37.5. The van der Waals surface area contributed by atoms with Crippen LogP contribution in [0.15, 0.2) is 47.4 Å². The van der Waals surface area contributed by atoms with Crippen LogP contribution < -0.4 is 4.72 Å². The summed E-state index contributed by atoms with van der Waals surface area (Å²) in [5, 5.41) is 0. The van der Waals surface area contributed by atoms with E-state index in [1.807, 2.05) is 30.3 Å². The molecule has 1 fully saturated rings. The monoisotopic (exact) mass is 393 g/mol. The molecular weight excluding hydrogens is 370 g/mol. The molecule has 9 heteroatoms. The Labute approximate surface area is 158 Å². The molecule has 2 aromatic rings. The molecule has 2 heterocycles. The fraction of sp³-hybridized carbons (Fsp3) is 0.444. The maximum absolute atomic E-state index is 12.5. The van der Waals surface area contributed by atoms with Gasteiger partial charge in [-0.3, -0.25) is 0 Å². The summed E-state index contributed by atoms with van der Waals surface area (Å²) in [5.74, 6) is -0.161. The van der Waals surface area contributed by atoms with E-state index in [9.17, 15) is 13.2 Å². The van der Waals surface area contributed by atoms with Crippen LogP contribution in [0, 0.1) is 0 Å². The minimum absolute atomic E-state index is 0.0595. The van der Waals surface area contributed by atoms with Crippen molar-refractivity contribution >= 4 is 16.1 Å². The van der Waals surface area contributed by atoms with Crippen LogP contribution in [0.5, 0.6) is 0 Å². The zero-order valence-electron chi connectivity index (χ0n) is 14.9. The van der Waals surface area contributed by atoms with Crippen LogP contribution in [-0.2, 0) is 27.9 Å². The SMILES string of the molecule is O=C(OCc1ccccc1)N1CCCC[C@H]1CS(=O)(=O)NCc1cocn1. The Morgan fingerprint density at radius 3 is 2.85 bits per heavy atom. The van der Waals surface area contributed by atoms with Crippen LogP contribution in [0.2, 0.25) is 0 Å². The highest BCUT2D eigenvalue weighted by molar-refractivity contribution is 7.89. The highest BCUT2D eigenvalue weighted by atomic mass is 32.2. The Morgan fingerprint density at radius 2 is 2.11 bits per heavy atom. The summed E-state index contributed by atoms with van der Waals surface area (Å²) in [4.78, 5) is 17.9. The van der Waals surface area contributed by atoms with Gasteiger partial charge in [-0.1, -0.05) is 30.3 Å². The lowest BCUT2D eigenvalue weighted by Crippen LogP contribution is -2.48. The molecule has 0 radical (unpaired) electrons. The van der Waals surface area contributed by atoms with E-state index in [1.165, 1.54) is 17.6 Å². The predicted octanol–water partition coefficient (Wildman–Crippen LogP) is 2.29. The number of nitrogens with zero attached hydrogens (tertiary/aromatic N) is 2. The Bertz CT molecular complexity index is 824.